The summed E-state index contributed by atoms with van der Waals surface area (Å²) in [6.45, 7) is 21.8. The molecule has 6 heterocycles. The first-order chi connectivity index (χ1) is 31.7. The molecule has 0 saturated carbocycles. The lowest BCUT2D eigenvalue weighted by atomic mass is 10.1. The summed E-state index contributed by atoms with van der Waals surface area (Å²) in [6, 6.07) is 23.5. The van der Waals surface area contributed by atoms with E-state index in [-0.39, 0.29) is 0 Å². The van der Waals surface area contributed by atoms with E-state index >= 15 is 0 Å². The van der Waals surface area contributed by atoms with Crippen LogP contribution in [-0.2, 0) is 20.9 Å². The number of methoxy groups -OCH3 is 1. The van der Waals surface area contributed by atoms with Crippen LogP contribution in [0.25, 0.3) is 11.3 Å². The summed E-state index contributed by atoms with van der Waals surface area (Å²) < 4.78 is 44.6. The molecule has 0 unspecified atom stereocenters. The molecule has 9 rings (SSSR count). The van der Waals surface area contributed by atoms with E-state index in [2.05, 4.69) is 131 Å². The molecular weight excluding hydrogens is 821 g/mol. The topological polar surface area (TPSA) is 103 Å². The molecule has 0 aliphatic carbocycles. The van der Waals surface area contributed by atoms with Crippen molar-refractivity contribution in [3.05, 3.63) is 111 Å². The highest BCUT2D eigenvalue weighted by molar-refractivity contribution is 5.99. The molecule has 14 heteroatoms. The molecule has 0 atom stereocenters. The first-order valence-corrected chi connectivity index (χ1v) is 22.9. The van der Waals surface area contributed by atoms with Gasteiger partial charge in [-0.25, -0.2) is 0 Å². The van der Waals surface area contributed by atoms with Crippen LogP contribution in [0.1, 0.15) is 40.6 Å². The van der Waals surface area contributed by atoms with E-state index in [1.54, 1.807) is 7.11 Å². The maximum absolute atomic E-state index is 6.72. The number of benzene rings is 3. The molecule has 2 bridgehead atoms. The van der Waals surface area contributed by atoms with Crippen LogP contribution in [0.5, 0.6) is 17.2 Å². The normalized spacial score (nSPS) is 18.5. The number of anilines is 3. The second kappa shape index (κ2) is 19.6. The Morgan fingerprint density at radius 3 is 1.72 bits per heavy atom. The van der Waals surface area contributed by atoms with Gasteiger partial charge in [0, 0.05) is 37.9 Å². The van der Waals surface area contributed by atoms with E-state index in [0.29, 0.717) is 97.9 Å². The van der Waals surface area contributed by atoms with Gasteiger partial charge < -0.3 is 52.3 Å². The van der Waals surface area contributed by atoms with E-state index in [0.717, 1.165) is 63.1 Å². The third-order valence-corrected chi connectivity index (χ3v) is 12.8. The summed E-state index contributed by atoms with van der Waals surface area (Å²) in [7, 11) is 1.72. The maximum atomic E-state index is 6.72. The van der Waals surface area contributed by atoms with Crippen LogP contribution in [-0.4, -0.2) is 119 Å². The van der Waals surface area contributed by atoms with Crippen LogP contribution in [0.15, 0.2) is 77.1 Å². The van der Waals surface area contributed by atoms with Gasteiger partial charge in [0.25, 0.3) is 5.70 Å². The lowest BCUT2D eigenvalue weighted by Crippen LogP contribution is -2.37. The SMILES string of the molecule is COc1cc([N+]2=CC(=c3cc(C)c4n3Cn3c(C)cc(C)c3C=4C)N=N2)ccc1N1CCOc2cc(C)ccc2N2CCOCCOCCN(CCOCC2)c2ccc(C)cc2OCC1. The number of rotatable bonds is 3. The van der Waals surface area contributed by atoms with Crippen LogP contribution in [0.2, 0.25) is 0 Å². The lowest BCUT2D eigenvalue weighted by Gasteiger charge is -2.30. The first-order valence-electron chi connectivity index (χ1n) is 22.9. The fourth-order valence-corrected chi connectivity index (χ4v) is 9.61. The quantitative estimate of drug-likeness (QED) is 0.150. The Bertz CT molecular complexity index is 2660. The van der Waals surface area contributed by atoms with Crippen molar-refractivity contribution >= 4 is 40.2 Å². The highest BCUT2D eigenvalue weighted by Gasteiger charge is 2.26. The Labute approximate surface area is 382 Å². The van der Waals surface area contributed by atoms with Crippen LogP contribution in [0.3, 0.4) is 0 Å². The molecule has 4 aliphatic heterocycles. The molecule has 4 aliphatic rings. The van der Waals surface area contributed by atoms with Crippen LogP contribution in [0.4, 0.5) is 22.7 Å². The minimum atomic E-state index is 0.428. The minimum absolute atomic E-state index is 0.428. The number of hydrogen-bond acceptors (Lipinski definition) is 11. The zero-order valence-electron chi connectivity index (χ0n) is 39.1. The molecule has 0 spiro atoms. The van der Waals surface area contributed by atoms with Crippen molar-refractivity contribution < 1.29 is 33.1 Å². The van der Waals surface area contributed by atoms with Crippen molar-refractivity contribution in [3.8, 4) is 17.2 Å². The van der Waals surface area contributed by atoms with Crippen molar-refractivity contribution in [1.82, 2.24) is 9.13 Å². The molecule has 0 radical (unpaired) electrons. The van der Waals surface area contributed by atoms with Gasteiger partial charge >= 0.3 is 0 Å². The van der Waals surface area contributed by atoms with Gasteiger partial charge in [0.2, 0.25) is 0 Å². The predicted octanol–water partition coefficient (Wildman–Crippen LogP) is 6.44. The number of aromatic nitrogens is 2. The third kappa shape index (κ3) is 9.38. The Balaban J connectivity index is 1.04. The number of ether oxygens (including phenoxy) is 6. The van der Waals surface area contributed by atoms with E-state index in [1.807, 2.05) is 17.0 Å². The van der Waals surface area contributed by atoms with Crippen molar-refractivity contribution in [3.63, 3.8) is 0 Å². The van der Waals surface area contributed by atoms with Gasteiger partial charge in [0.05, 0.1) is 99.7 Å². The van der Waals surface area contributed by atoms with E-state index in [4.69, 9.17) is 33.5 Å². The number of aryl methyl sites for hydroxylation is 5. The average molecular weight is 884 g/mol. The van der Waals surface area contributed by atoms with Crippen LogP contribution >= 0.6 is 0 Å². The van der Waals surface area contributed by atoms with Gasteiger partial charge in [-0.05, 0) is 118 Å². The van der Waals surface area contributed by atoms with Gasteiger partial charge in [-0.3, -0.25) is 0 Å². The van der Waals surface area contributed by atoms with Crippen LogP contribution in [0, 0.1) is 34.6 Å². The third-order valence-electron chi connectivity index (χ3n) is 12.8. The number of hydrogen-bond donors (Lipinski definition) is 0. The standard InChI is InChI=1S/C51H63N8O6/c1-35-8-11-44-48(28-35)64-24-18-56(19-25-65-49-29-36(2)9-12-45(49)55-15-21-61-20-14-54(44)16-22-62-26-27-63-23-17-55)43-13-10-41(32-47(43)60-7)59-33-42(52-53-59)46-31-38(4)51-40(6)50-37(3)30-39(5)57(50)34-58(46)51/h8-13,28-33H,14-27,34H2,1-7H3/q+1. The fraction of sp³-hybridized carbons (Fsp3) is 0.431. The molecule has 0 N–H and O–H groups in total. The molecule has 2 aromatic heterocycles. The van der Waals surface area contributed by atoms with Gasteiger partial charge in [-0.2, -0.15) is 0 Å². The number of nitrogens with zero attached hydrogens (tertiary/aromatic N) is 8. The van der Waals surface area contributed by atoms with Gasteiger partial charge in [-0.15, -0.1) is 0 Å². The smallest absolute Gasteiger partial charge is 0.268 e. The van der Waals surface area contributed by atoms with Crippen molar-refractivity contribution in [1.29, 1.82) is 0 Å². The second-order valence-electron chi connectivity index (χ2n) is 17.3. The Morgan fingerprint density at radius 1 is 0.569 bits per heavy atom. The zero-order valence-corrected chi connectivity index (χ0v) is 39.1. The van der Waals surface area contributed by atoms with E-state index in [9.17, 15) is 0 Å². The molecule has 14 nitrogen and oxygen atoms in total. The molecule has 65 heavy (non-hydrogen) atoms. The summed E-state index contributed by atoms with van der Waals surface area (Å²) >= 11 is 0. The molecule has 3 aromatic carbocycles. The van der Waals surface area contributed by atoms with Gasteiger partial charge in [0.1, 0.15) is 41.0 Å². The molecular formula is C51H63N8O6+. The number of fused-ring (bicyclic) bond motifs is 12. The van der Waals surface area contributed by atoms with Gasteiger partial charge in [0.15, 0.2) is 11.9 Å². The lowest BCUT2D eigenvalue weighted by molar-refractivity contribution is -0.443. The summed E-state index contributed by atoms with van der Waals surface area (Å²) in [5.74, 6) is 2.37. The zero-order chi connectivity index (χ0) is 45.0. The summed E-state index contributed by atoms with van der Waals surface area (Å²) in [5, 5.41) is 11.6. The van der Waals surface area contributed by atoms with E-state index < -0.39 is 0 Å². The highest BCUT2D eigenvalue weighted by atomic mass is 16.5. The first kappa shape index (κ1) is 44.1. The Morgan fingerprint density at radius 2 is 1.12 bits per heavy atom. The largest absolute Gasteiger partial charge is 0.494 e. The second-order valence-corrected chi connectivity index (χ2v) is 17.3. The minimum Gasteiger partial charge on any atom is -0.494 e. The summed E-state index contributed by atoms with van der Waals surface area (Å²) in [6.07, 6.45) is 2.01. The van der Waals surface area contributed by atoms with Gasteiger partial charge in [-0.1, -0.05) is 16.8 Å². The van der Waals surface area contributed by atoms with Crippen molar-refractivity contribution in [2.75, 3.05) is 114 Å². The average Bonchev–Trinajstić information content (AvgIpc) is 4.00. The van der Waals surface area contributed by atoms with Crippen molar-refractivity contribution in [2.24, 2.45) is 10.3 Å². The summed E-state index contributed by atoms with van der Waals surface area (Å²) in [5.41, 5.74) is 13.2. The van der Waals surface area contributed by atoms with E-state index in [1.165, 1.54) is 33.4 Å². The molecule has 0 amide bonds. The van der Waals surface area contributed by atoms with Crippen molar-refractivity contribution in [2.45, 2.75) is 48.2 Å². The Kier molecular flexibility index (Phi) is 13.3. The summed E-state index contributed by atoms with van der Waals surface area (Å²) in [4.78, 5) is 6.90. The fourth-order valence-electron chi connectivity index (χ4n) is 9.61. The predicted molar refractivity (Wildman–Crippen MR) is 256 cm³/mol. The molecule has 1 fully saturated rings. The molecule has 342 valence electrons. The maximum Gasteiger partial charge on any atom is 0.268 e. The highest BCUT2D eigenvalue weighted by Crippen LogP contribution is 2.35. The Hall–Kier alpha value is -6.09. The monoisotopic (exact) mass is 883 g/mol. The molecule has 1 saturated heterocycles. The molecule has 5 aromatic rings. The van der Waals surface area contributed by atoms with Crippen LogP contribution < -0.4 is 39.6 Å².